The van der Waals surface area contributed by atoms with Crippen LogP contribution in [0.25, 0.3) is 0 Å². The summed E-state index contributed by atoms with van der Waals surface area (Å²) < 4.78 is 0. The number of alkyl halides is 1. The first-order valence-corrected chi connectivity index (χ1v) is 8.74. The van der Waals surface area contributed by atoms with Crippen molar-refractivity contribution < 1.29 is 0 Å². The third-order valence-electron chi connectivity index (χ3n) is 4.49. The lowest BCUT2D eigenvalue weighted by Crippen LogP contribution is -2.24. The van der Waals surface area contributed by atoms with E-state index >= 15 is 0 Å². The average molecular weight is 391 g/mol. The summed E-state index contributed by atoms with van der Waals surface area (Å²) in [5, 5.41) is 4.64. The minimum absolute atomic E-state index is 0. The van der Waals surface area contributed by atoms with Gasteiger partial charge in [-0.2, -0.15) is 0 Å². The van der Waals surface area contributed by atoms with Crippen LogP contribution in [0.1, 0.15) is 47.1 Å². The van der Waals surface area contributed by atoms with Crippen molar-refractivity contribution in [3.63, 3.8) is 0 Å². The van der Waals surface area contributed by atoms with Crippen LogP contribution in [0.4, 0.5) is 0 Å². The molecule has 1 N–H and O–H groups in total. The first-order chi connectivity index (χ1) is 10.6. The van der Waals surface area contributed by atoms with E-state index in [-0.39, 0.29) is 12.4 Å². The molecule has 2 atom stereocenters. The Morgan fingerprint density at radius 1 is 1.00 bits per heavy atom. The number of fused-ring (bicyclic) bond motifs is 1. The molecule has 124 valence electrons. The molecule has 0 bridgehead atoms. The smallest absolute Gasteiger partial charge is 0.0595 e. The number of benzene rings is 2. The summed E-state index contributed by atoms with van der Waals surface area (Å²) in [6.45, 7) is 0. The standard InChI is InChI=1S/C18H18Cl3N.ClH/c1-22-18-7-5-13(12-3-6-16(20)17(21)9-12)14-4-2-11(10-19)8-15(14)18;/h2-4,6,8-9,13,18,22H,5,7,10H2,1H3;1H/t13-,18-;/m0./s1. The molecule has 0 saturated heterocycles. The summed E-state index contributed by atoms with van der Waals surface area (Å²) >= 11 is 18.2. The van der Waals surface area contributed by atoms with Crippen LogP contribution in [0.15, 0.2) is 36.4 Å². The van der Waals surface area contributed by atoms with Gasteiger partial charge in [0.1, 0.15) is 0 Å². The molecular weight excluding hydrogens is 372 g/mol. The van der Waals surface area contributed by atoms with Crippen molar-refractivity contribution >= 4 is 47.2 Å². The Kier molecular flexibility index (Phi) is 6.65. The van der Waals surface area contributed by atoms with Crippen LogP contribution < -0.4 is 5.32 Å². The molecule has 0 saturated carbocycles. The monoisotopic (exact) mass is 389 g/mol. The van der Waals surface area contributed by atoms with Gasteiger partial charge in [-0.1, -0.05) is 47.5 Å². The maximum Gasteiger partial charge on any atom is 0.0595 e. The van der Waals surface area contributed by atoms with Crippen molar-refractivity contribution in [1.29, 1.82) is 0 Å². The van der Waals surface area contributed by atoms with Crippen LogP contribution in [0.3, 0.4) is 0 Å². The molecule has 0 aliphatic heterocycles. The third-order valence-corrected chi connectivity index (χ3v) is 5.54. The summed E-state index contributed by atoms with van der Waals surface area (Å²) in [4.78, 5) is 0. The van der Waals surface area contributed by atoms with Gasteiger partial charge >= 0.3 is 0 Å². The highest BCUT2D eigenvalue weighted by Crippen LogP contribution is 2.42. The maximum absolute atomic E-state index is 6.20. The molecule has 2 aromatic rings. The molecule has 0 radical (unpaired) electrons. The first-order valence-electron chi connectivity index (χ1n) is 7.45. The van der Waals surface area contributed by atoms with E-state index in [4.69, 9.17) is 34.8 Å². The summed E-state index contributed by atoms with van der Waals surface area (Å²) in [6.07, 6.45) is 2.19. The molecular formula is C18H19Cl4N. The molecule has 0 heterocycles. The van der Waals surface area contributed by atoms with Crippen LogP contribution in [-0.2, 0) is 5.88 Å². The highest BCUT2D eigenvalue weighted by molar-refractivity contribution is 6.42. The van der Waals surface area contributed by atoms with E-state index in [0.717, 1.165) is 18.4 Å². The number of rotatable bonds is 3. The SMILES string of the molecule is CN[C@H]1CC[C@@H](c2ccc(Cl)c(Cl)c2)c2ccc(CCl)cc21.Cl. The van der Waals surface area contributed by atoms with E-state index < -0.39 is 0 Å². The molecule has 0 unspecified atom stereocenters. The second-order valence-electron chi connectivity index (χ2n) is 5.74. The zero-order valence-electron chi connectivity index (χ0n) is 12.8. The Bertz CT molecular complexity index is 687. The molecule has 1 aliphatic rings. The van der Waals surface area contributed by atoms with Crippen molar-refractivity contribution in [2.45, 2.75) is 30.7 Å². The van der Waals surface area contributed by atoms with Gasteiger partial charge in [-0.05, 0) is 54.3 Å². The lowest BCUT2D eigenvalue weighted by molar-refractivity contribution is 0.470. The molecule has 5 heteroatoms. The lowest BCUT2D eigenvalue weighted by Gasteiger charge is -2.32. The van der Waals surface area contributed by atoms with Crippen molar-refractivity contribution in [3.8, 4) is 0 Å². The Morgan fingerprint density at radius 2 is 1.78 bits per heavy atom. The molecule has 0 spiro atoms. The summed E-state index contributed by atoms with van der Waals surface area (Å²) in [5.41, 5.74) is 5.10. The van der Waals surface area contributed by atoms with Crippen LogP contribution in [-0.4, -0.2) is 7.05 Å². The number of hydrogen-bond donors (Lipinski definition) is 1. The summed E-state index contributed by atoms with van der Waals surface area (Å²) in [5.74, 6) is 0.903. The fourth-order valence-electron chi connectivity index (χ4n) is 3.35. The van der Waals surface area contributed by atoms with Gasteiger partial charge in [0.25, 0.3) is 0 Å². The second kappa shape index (κ2) is 8.09. The Hall–Kier alpha value is -0.440. The van der Waals surface area contributed by atoms with Crippen molar-refractivity contribution in [1.82, 2.24) is 5.32 Å². The predicted octanol–water partition coefficient (Wildman–Crippen LogP) is 6.34. The van der Waals surface area contributed by atoms with Crippen molar-refractivity contribution in [2.24, 2.45) is 0 Å². The number of nitrogens with one attached hydrogen (secondary N) is 1. The van der Waals surface area contributed by atoms with Gasteiger partial charge < -0.3 is 5.32 Å². The number of hydrogen-bond acceptors (Lipinski definition) is 1. The minimum atomic E-state index is 0. The van der Waals surface area contributed by atoms with Gasteiger partial charge in [-0.3, -0.25) is 0 Å². The van der Waals surface area contributed by atoms with Gasteiger partial charge in [0.15, 0.2) is 0 Å². The summed E-state index contributed by atoms with van der Waals surface area (Å²) in [7, 11) is 2.02. The molecule has 2 aromatic carbocycles. The zero-order chi connectivity index (χ0) is 15.7. The van der Waals surface area contributed by atoms with Gasteiger partial charge in [0.05, 0.1) is 10.0 Å². The van der Waals surface area contributed by atoms with E-state index in [2.05, 4.69) is 29.6 Å². The fourth-order valence-corrected chi connectivity index (χ4v) is 3.82. The molecule has 1 aliphatic carbocycles. The van der Waals surface area contributed by atoms with E-state index in [1.165, 1.54) is 16.7 Å². The van der Waals surface area contributed by atoms with Crippen molar-refractivity contribution in [3.05, 3.63) is 68.7 Å². The van der Waals surface area contributed by atoms with E-state index in [1.54, 1.807) is 0 Å². The number of halogens is 4. The predicted molar refractivity (Wildman–Crippen MR) is 103 cm³/mol. The summed E-state index contributed by atoms with van der Waals surface area (Å²) in [6, 6.07) is 12.9. The Labute approximate surface area is 158 Å². The van der Waals surface area contributed by atoms with Crippen LogP contribution in [0, 0.1) is 0 Å². The Morgan fingerprint density at radius 3 is 2.43 bits per heavy atom. The van der Waals surface area contributed by atoms with Gasteiger partial charge in [0, 0.05) is 17.8 Å². The topological polar surface area (TPSA) is 12.0 Å². The highest BCUT2D eigenvalue weighted by Gasteiger charge is 2.27. The van der Waals surface area contributed by atoms with Gasteiger partial charge in [0.2, 0.25) is 0 Å². The van der Waals surface area contributed by atoms with Crippen LogP contribution in [0.2, 0.25) is 10.0 Å². The van der Waals surface area contributed by atoms with Gasteiger partial charge in [-0.15, -0.1) is 24.0 Å². The molecule has 0 fully saturated rings. The fraction of sp³-hybridized carbons (Fsp3) is 0.333. The van der Waals surface area contributed by atoms with Crippen LogP contribution in [0.5, 0.6) is 0 Å². The van der Waals surface area contributed by atoms with E-state index in [1.807, 2.05) is 19.2 Å². The minimum Gasteiger partial charge on any atom is -0.313 e. The van der Waals surface area contributed by atoms with Crippen molar-refractivity contribution in [2.75, 3.05) is 7.05 Å². The first kappa shape index (κ1) is 18.9. The van der Waals surface area contributed by atoms with Gasteiger partial charge in [-0.25, -0.2) is 0 Å². The largest absolute Gasteiger partial charge is 0.313 e. The average Bonchev–Trinajstić information content (AvgIpc) is 2.55. The molecule has 0 amide bonds. The normalized spacial score (nSPS) is 19.8. The molecule has 0 aromatic heterocycles. The van der Waals surface area contributed by atoms with E-state index in [9.17, 15) is 0 Å². The molecule has 23 heavy (non-hydrogen) atoms. The molecule has 3 rings (SSSR count). The maximum atomic E-state index is 6.20. The lowest BCUT2D eigenvalue weighted by atomic mass is 9.76. The second-order valence-corrected chi connectivity index (χ2v) is 6.82. The molecule has 1 nitrogen and oxygen atoms in total. The zero-order valence-corrected chi connectivity index (χ0v) is 15.9. The third kappa shape index (κ3) is 3.81. The Balaban J connectivity index is 0.00000192. The van der Waals surface area contributed by atoms with Crippen LogP contribution >= 0.6 is 47.2 Å². The van der Waals surface area contributed by atoms with E-state index in [0.29, 0.717) is 27.9 Å². The highest BCUT2D eigenvalue weighted by atomic mass is 35.5. The quantitative estimate of drug-likeness (QED) is 0.602.